The predicted octanol–water partition coefficient (Wildman–Crippen LogP) is 2.43. The molecule has 0 aliphatic carbocycles. The zero-order valence-corrected chi connectivity index (χ0v) is 12.8. The van der Waals surface area contributed by atoms with Gasteiger partial charge in [-0.2, -0.15) is 5.10 Å². The molecule has 2 aromatic heterocycles. The van der Waals surface area contributed by atoms with Gasteiger partial charge in [-0.05, 0) is 13.3 Å². The number of hydrogen-bond donors (Lipinski definition) is 2. The van der Waals surface area contributed by atoms with Crippen molar-refractivity contribution in [2.24, 2.45) is 7.05 Å². The van der Waals surface area contributed by atoms with Crippen LogP contribution in [0.15, 0.2) is 6.20 Å². The SMILES string of the molecule is CCc1nc(NC)c(C)c(Nc2cn(C)nc2CC)n1. The first-order chi connectivity index (χ1) is 9.58. The van der Waals surface area contributed by atoms with Crippen molar-refractivity contribution in [3.63, 3.8) is 0 Å². The van der Waals surface area contributed by atoms with Gasteiger partial charge >= 0.3 is 0 Å². The third-order valence-electron chi connectivity index (χ3n) is 3.24. The molecule has 0 bridgehead atoms. The van der Waals surface area contributed by atoms with Gasteiger partial charge in [0.1, 0.15) is 17.5 Å². The van der Waals surface area contributed by atoms with Gasteiger partial charge in [0.25, 0.3) is 0 Å². The van der Waals surface area contributed by atoms with Crippen molar-refractivity contribution in [3.05, 3.63) is 23.3 Å². The minimum Gasteiger partial charge on any atom is -0.373 e. The molecule has 20 heavy (non-hydrogen) atoms. The van der Waals surface area contributed by atoms with Crippen molar-refractivity contribution in [1.29, 1.82) is 0 Å². The Hall–Kier alpha value is -2.11. The van der Waals surface area contributed by atoms with Crippen LogP contribution in [-0.4, -0.2) is 26.8 Å². The van der Waals surface area contributed by atoms with E-state index < -0.39 is 0 Å². The Morgan fingerprint density at radius 3 is 2.45 bits per heavy atom. The summed E-state index contributed by atoms with van der Waals surface area (Å²) in [6, 6.07) is 0. The lowest BCUT2D eigenvalue weighted by atomic mass is 10.2. The van der Waals surface area contributed by atoms with Gasteiger partial charge in [0.15, 0.2) is 0 Å². The van der Waals surface area contributed by atoms with Gasteiger partial charge in [0, 0.05) is 32.3 Å². The van der Waals surface area contributed by atoms with Crippen LogP contribution in [0.1, 0.15) is 30.9 Å². The first-order valence-corrected chi connectivity index (χ1v) is 6.93. The zero-order valence-electron chi connectivity index (χ0n) is 12.8. The third kappa shape index (κ3) is 2.74. The van der Waals surface area contributed by atoms with Gasteiger partial charge in [0.2, 0.25) is 0 Å². The van der Waals surface area contributed by atoms with Crippen LogP contribution in [0.2, 0.25) is 0 Å². The standard InChI is InChI=1S/C14H22N6/c1-6-10-11(8-20(5)19-10)16-14-9(3)13(15-4)17-12(7-2)18-14/h8H,6-7H2,1-5H3,(H2,15,16,17,18). The molecule has 2 N–H and O–H groups in total. The molecular formula is C14H22N6. The molecule has 2 heterocycles. The molecule has 0 saturated carbocycles. The number of rotatable bonds is 5. The maximum atomic E-state index is 4.58. The fourth-order valence-corrected chi connectivity index (χ4v) is 2.11. The summed E-state index contributed by atoms with van der Waals surface area (Å²) in [6.45, 7) is 6.15. The molecule has 0 amide bonds. The molecule has 0 fully saturated rings. The quantitative estimate of drug-likeness (QED) is 0.876. The highest BCUT2D eigenvalue weighted by atomic mass is 15.3. The third-order valence-corrected chi connectivity index (χ3v) is 3.24. The lowest BCUT2D eigenvalue weighted by molar-refractivity contribution is 0.746. The molecule has 0 saturated heterocycles. The van der Waals surface area contributed by atoms with E-state index in [9.17, 15) is 0 Å². The minimum absolute atomic E-state index is 0.803. The molecule has 0 aromatic carbocycles. The number of nitrogens with one attached hydrogen (secondary N) is 2. The molecule has 2 rings (SSSR count). The summed E-state index contributed by atoms with van der Waals surface area (Å²) in [5.74, 6) is 2.52. The lowest BCUT2D eigenvalue weighted by Crippen LogP contribution is -2.07. The monoisotopic (exact) mass is 274 g/mol. The van der Waals surface area contributed by atoms with Crippen molar-refractivity contribution < 1.29 is 0 Å². The first-order valence-electron chi connectivity index (χ1n) is 6.93. The molecule has 0 radical (unpaired) electrons. The Balaban J connectivity index is 2.41. The summed E-state index contributed by atoms with van der Waals surface area (Å²) < 4.78 is 1.82. The molecule has 0 aliphatic heterocycles. The molecule has 2 aromatic rings. The zero-order chi connectivity index (χ0) is 14.7. The maximum absolute atomic E-state index is 4.58. The van der Waals surface area contributed by atoms with E-state index in [2.05, 4.69) is 39.5 Å². The fourth-order valence-electron chi connectivity index (χ4n) is 2.11. The number of aryl methyl sites for hydroxylation is 3. The second-order valence-electron chi connectivity index (χ2n) is 4.71. The summed E-state index contributed by atoms with van der Waals surface area (Å²) in [5, 5.41) is 10.9. The average Bonchev–Trinajstić information content (AvgIpc) is 2.81. The summed E-state index contributed by atoms with van der Waals surface area (Å²) in [4.78, 5) is 9.06. The van der Waals surface area contributed by atoms with Crippen LogP contribution in [0.3, 0.4) is 0 Å². The average molecular weight is 274 g/mol. The molecular weight excluding hydrogens is 252 g/mol. The van der Waals surface area contributed by atoms with E-state index in [0.717, 1.165) is 47.2 Å². The van der Waals surface area contributed by atoms with Crippen molar-refractivity contribution in [3.8, 4) is 0 Å². The Bertz CT molecular complexity index is 602. The largest absolute Gasteiger partial charge is 0.373 e. The van der Waals surface area contributed by atoms with Gasteiger partial charge < -0.3 is 10.6 Å². The van der Waals surface area contributed by atoms with Crippen molar-refractivity contribution in [1.82, 2.24) is 19.7 Å². The van der Waals surface area contributed by atoms with E-state index >= 15 is 0 Å². The Labute approximate surface area is 119 Å². The highest BCUT2D eigenvalue weighted by molar-refractivity contribution is 5.65. The fraction of sp³-hybridized carbons (Fsp3) is 0.500. The number of hydrogen-bond acceptors (Lipinski definition) is 5. The molecule has 0 spiro atoms. The van der Waals surface area contributed by atoms with Gasteiger partial charge in [-0.1, -0.05) is 13.8 Å². The van der Waals surface area contributed by atoms with Crippen LogP contribution in [0.25, 0.3) is 0 Å². The van der Waals surface area contributed by atoms with E-state index in [1.54, 1.807) is 0 Å². The maximum Gasteiger partial charge on any atom is 0.139 e. The Morgan fingerprint density at radius 2 is 1.85 bits per heavy atom. The Kier molecular flexibility index (Phi) is 4.22. The normalized spacial score (nSPS) is 10.7. The van der Waals surface area contributed by atoms with Crippen molar-refractivity contribution in [2.45, 2.75) is 33.6 Å². The van der Waals surface area contributed by atoms with Crippen molar-refractivity contribution in [2.75, 3.05) is 17.7 Å². The lowest BCUT2D eigenvalue weighted by Gasteiger charge is -2.13. The van der Waals surface area contributed by atoms with Crippen LogP contribution < -0.4 is 10.6 Å². The van der Waals surface area contributed by atoms with Gasteiger partial charge in [-0.3, -0.25) is 4.68 Å². The highest BCUT2D eigenvalue weighted by Gasteiger charge is 2.12. The van der Waals surface area contributed by atoms with Gasteiger partial charge in [-0.15, -0.1) is 0 Å². The molecule has 6 nitrogen and oxygen atoms in total. The predicted molar refractivity (Wildman–Crippen MR) is 81.6 cm³/mol. The molecule has 0 atom stereocenters. The summed E-state index contributed by atoms with van der Waals surface area (Å²) >= 11 is 0. The summed E-state index contributed by atoms with van der Waals surface area (Å²) in [6.07, 6.45) is 3.66. The molecule has 0 aliphatic rings. The Morgan fingerprint density at radius 1 is 1.15 bits per heavy atom. The van der Waals surface area contributed by atoms with E-state index in [-0.39, 0.29) is 0 Å². The second-order valence-corrected chi connectivity index (χ2v) is 4.71. The van der Waals surface area contributed by atoms with E-state index in [4.69, 9.17) is 0 Å². The molecule has 6 heteroatoms. The smallest absolute Gasteiger partial charge is 0.139 e. The van der Waals surface area contributed by atoms with Crippen LogP contribution >= 0.6 is 0 Å². The molecule has 0 unspecified atom stereocenters. The number of aromatic nitrogens is 4. The van der Waals surface area contributed by atoms with Gasteiger partial charge in [0.05, 0.1) is 11.4 Å². The van der Waals surface area contributed by atoms with Gasteiger partial charge in [-0.25, -0.2) is 9.97 Å². The van der Waals surface area contributed by atoms with Crippen LogP contribution in [-0.2, 0) is 19.9 Å². The van der Waals surface area contributed by atoms with Crippen LogP contribution in [0.4, 0.5) is 17.3 Å². The topological polar surface area (TPSA) is 67.7 Å². The van der Waals surface area contributed by atoms with Crippen LogP contribution in [0.5, 0.6) is 0 Å². The summed E-state index contributed by atoms with van der Waals surface area (Å²) in [5.41, 5.74) is 3.05. The van der Waals surface area contributed by atoms with Crippen molar-refractivity contribution >= 4 is 17.3 Å². The summed E-state index contributed by atoms with van der Waals surface area (Å²) in [7, 11) is 3.80. The van der Waals surface area contributed by atoms with E-state index in [0.29, 0.717) is 0 Å². The minimum atomic E-state index is 0.803. The van der Waals surface area contributed by atoms with Crippen LogP contribution in [0, 0.1) is 6.92 Å². The highest BCUT2D eigenvalue weighted by Crippen LogP contribution is 2.25. The van der Waals surface area contributed by atoms with E-state index in [1.165, 1.54) is 0 Å². The molecule has 108 valence electrons. The van der Waals surface area contributed by atoms with E-state index in [1.807, 2.05) is 31.9 Å². The first kappa shape index (κ1) is 14.3. The second kappa shape index (κ2) is 5.90. The number of anilines is 3. The number of nitrogens with zero attached hydrogens (tertiary/aromatic N) is 4.